The molecule has 1 atom stereocenters. The van der Waals surface area contributed by atoms with Gasteiger partial charge in [-0.1, -0.05) is 6.92 Å². The average Bonchev–Trinajstić information content (AvgIpc) is 2.44. The number of nitro groups is 1. The first-order valence-corrected chi connectivity index (χ1v) is 5.96. The summed E-state index contributed by atoms with van der Waals surface area (Å²) in [5.41, 5.74) is 1.12. The molecule has 0 aliphatic carbocycles. The molecule has 2 rings (SSSR count). The van der Waals surface area contributed by atoms with Crippen LogP contribution >= 0.6 is 0 Å². The molecule has 0 amide bonds. The van der Waals surface area contributed by atoms with Crippen LogP contribution in [0.1, 0.15) is 31.9 Å². The molecule has 19 heavy (non-hydrogen) atoms. The Labute approximate surface area is 109 Å². The number of aromatic nitrogens is 2. The third-order valence-electron chi connectivity index (χ3n) is 3.10. The zero-order valence-electron chi connectivity index (χ0n) is 10.7. The number of hydrogen-bond donors (Lipinski definition) is 0. The Morgan fingerprint density at radius 3 is 2.79 bits per heavy atom. The van der Waals surface area contributed by atoms with E-state index in [0.717, 1.165) is 0 Å². The van der Waals surface area contributed by atoms with Crippen LogP contribution in [0, 0.1) is 10.1 Å². The lowest BCUT2D eigenvalue weighted by Gasteiger charge is -2.10. The Hall–Kier alpha value is -2.37. The summed E-state index contributed by atoms with van der Waals surface area (Å²) >= 11 is 0. The minimum absolute atomic E-state index is 0.0281. The van der Waals surface area contributed by atoms with Crippen molar-refractivity contribution in [2.45, 2.75) is 26.2 Å². The average molecular weight is 259 g/mol. The molecular weight excluding hydrogens is 246 g/mol. The monoisotopic (exact) mass is 259 g/mol. The molecule has 0 radical (unpaired) electrons. The van der Waals surface area contributed by atoms with Crippen LogP contribution in [0.25, 0.3) is 10.9 Å². The molecule has 0 fully saturated rings. The zero-order valence-corrected chi connectivity index (χ0v) is 10.7. The number of benzene rings is 1. The fourth-order valence-electron chi connectivity index (χ4n) is 1.98. The van der Waals surface area contributed by atoms with Crippen molar-refractivity contribution in [2.75, 3.05) is 0 Å². The number of non-ortho nitro benzene ring substituents is 1. The second-order valence-electron chi connectivity index (χ2n) is 4.26. The third-order valence-corrected chi connectivity index (χ3v) is 3.10. The SMILES string of the molecule is CCC(=O)C(C)c1ncnc2ccc([N+](=O)[O-])cc12. The number of hydrogen-bond acceptors (Lipinski definition) is 5. The maximum atomic E-state index is 11.8. The lowest BCUT2D eigenvalue weighted by molar-refractivity contribution is -0.384. The molecule has 98 valence electrons. The van der Waals surface area contributed by atoms with E-state index in [2.05, 4.69) is 9.97 Å². The lowest BCUT2D eigenvalue weighted by atomic mass is 9.97. The number of rotatable bonds is 4. The molecule has 0 aliphatic heterocycles. The van der Waals surface area contributed by atoms with Crippen molar-refractivity contribution >= 4 is 22.4 Å². The zero-order chi connectivity index (χ0) is 14.0. The van der Waals surface area contributed by atoms with Crippen LogP contribution in [0.2, 0.25) is 0 Å². The van der Waals surface area contributed by atoms with Crippen LogP contribution in [0.4, 0.5) is 5.69 Å². The van der Waals surface area contributed by atoms with Gasteiger partial charge in [0.1, 0.15) is 12.1 Å². The normalized spacial score (nSPS) is 12.3. The molecule has 0 saturated carbocycles. The second-order valence-corrected chi connectivity index (χ2v) is 4.26. The largest absolute Gasteiger partial charge is 0.299 e. The Morgan fingerprint density at radius 1 is 1.42 bits per heavy atom. The number of carbonyl (C=O) groups is 1. The number of carbonyl (C=O) groups excluding carboxylic acids is 1. The maximum Gasteiger partial charge on any atom is 0.270 e. The smallest absolute Gasteiger partial charge is 0.270 e. The highest BCUT2D eigenvalue weighted by atomic mass is 16.6. The van der Waals surface area contributed by atoms with Gasteiger partial charge in [0.05, 0.1) is 22.1 Å². The molecule has 1 aromatic heterocycles. The van der Waals surface area contributed by atoms with Crippen molar-refractivity contribution < 1.29 is 9.72 Å². The van der Waals surface area contributed by atoms with Gasteiger partial charge in [0.15, 0.2) is 0 Å². The first kappa shape index (κ1) is 13.1. The molecule has 1 unspecified atom stereocenters. The summed E-state index contributed by atoms with van der Waals surface area (Å²) in [5.74, 6) is -0.344. The van der Waals surface area contributed by atoms with Gasteiger partial charge in [-0.05, 0) is 13.0 Å². The predicted molar refractivity (Wildman–Crippen MR) is 69.9 cm³/mol. The quantitative estimate of drug-likeness (QED) is 0.622. The van der Waals surface area contributed by atoms with Crippen LogP contribution in [-0.4, -0.2) is 20.7 Å². The van der Waals surface area contributed by atoms with Crippen LogP contribution in [0.15, 0.2) is 24.5 Å². The fraction of sp³-hybridized carbons (Fsp3) is 0.308. The first-order valence-electron chi connectivity index (χ1n) is 5.96. The van der Waals surface area contributed by atoms with Gasteiger partial charge in [0.2, 0.25) is 0 Å². The first-order chi connectivity index (χ1) is 9.04. The van der Waals surface area contributed by atoms with E-state index < -0.39 is 10.8 Å². The molecule has 0 N–H and O–H groups in total. The Bertz CT molecular complexity index is 655. The summed E-state index contributed by atoms with van der Waals surface area (Å²) in [6, 6.07) is 4.39. The van der Waals surface area contributed by atoms with Gasteiger partial charge >= 0.3 is 0 Å². The van der Waals surface area contributed by atoms with Gasteiger partial charge in [0.25, 0.3) is 5.69 Å². The highest BCUT2D eigenvalue weighted by molar-refractivity contribution is 5.91. The van der Waals surface area contributed by atoms with E-state index in [-0.39, 0.29) is 11.5 Å². The van der Waals surface area contributed by atoms with Gasteiger partial charge in [-0.15, -0.1) is 0 Å². The predicted octanol–water partition coefficient (Wildman–Crippen LogP) is 2.62. The van der Waals surface area contributed by atoms with E-state index in [1.807, 2.05) is 0 Å². The number of nitro benzene ring substituents is 1. The summed E-state index contributed by atoms with van der Waals surface area (Å²) in [5, 5.41) is 11.4. The summed E-state index contributed by atoms with van der Waals surface area (Å²) in [6.45, 7) is 3.54. The molecule has 0 spiro atoms. The lowest BCUT2D eigenvalue weighted by Crippen LogP contribution is -2.10. The minimum Gasteiger partial charge on any atom is -0.299 e. The molecule has 0 saturated heterocycles. The molecule has 0 aliphatic rings. The van der Waals surface area contributed by atoms with Crippen molar-refractivity contribution in [3.63, 3.8) is 0 Å². The summed E-state index contributed by atoms with van der Waals surface area (Å²) < 4.78 is 0. The minimum atomic E-state index is -0.470. The van der Waals surface area contributed by atoms with Crippen molar-refractivity contribution in [3.8, 4) is 0 Å². The third kappa shape index (κ3) is 2.42. The topological polar surface area (TPSA) is 86.0 Å². The van der Waals surface area contributed by atoms with E-state index in [0.29, 0.717) is 23.0 Å². The molecule has 1 aromatic carbocycles. The van der Waals surface area contributed by atoms with Crippen molar-refractivity contribution in [1.82, 2.24) is 9.97 Å². The highest BCUT2D eigenvalue weighted by Crippen LogP contribution is 2.26. The van der Waals surface area contributed by atoms with Crippen LogP contribution in [0.3, 0.4) is 0 Å². The molecule has 6 nitrogen and oxygen atoms in total. The van der Waals surface area contributed by atoms with E-state index in [9.17, 15) is 14.9 Å². The van der Waals surface area contributed by atoms with Crippen molar-refractivity contribution in [1.29, 1.82) is 0 Å². The summed E-state index contributed by atoms with van der Waals surface area (Å²) in [4.78, 5) is 30.3. The number of fused-ring (bicyclic) bond motifs is 1. The van der Waals surface area contributed by atoms with Crippen LogP contribution < -0.4 is 0 Å². The Kier molecular flexibility index (Phi) is 3.50. The number of Topliss-reactive ketones (excluding diaryl/α,β-unsaturated/α-hetero) is 1. The summed E-state index contributed by atoms with van der Waals surface area (Å²) in [6.07, 6.45) is 1.78. The molecular formula is C13H13N3O3. The van der Waals surface area contributed by atoms with Crippen molar-refractivity contribution in [2.24, 2.45) is 0 Å². The van der Waals surface area contributed by atoms with Gasteiger partial charge in [-0.25, -0.2) is 9.97 Å². The Balaban J connectivity index is 2.63. The standard InChI is InChI=1S/C13H13N3O3/c1-3-12(17)8(2)13-10-6-9(16(18)19)4-5-11(10)14-7-15-13/h4-8H,3H2,1-2H3. The summed E-state index contributed by atoms with van der Waals surface area (Å²) in [7, 11) is 0. The highest BCUT2D eigenvalue weighted by Gasteiger charge is 2.19. The van der Waals surface area contributed by atoms with E-state index in [1.54, 1.807) is 19.9 Å². The number of nitrogens with zero attached hydrogens (tertiary/aromatic N) is 3. The Morgan fingerprint density at radius 2 is 2.16 bits per heavy atom. The maximum absolute atomic E-state index is 11.8. The molecule has 1 heterocycles. The fourth-order valence-corrected chi connectivity index (χ4v) is 1.98. The molecule has 6 heteroatoms. The second kappa shape index (κ2) is 5.09. The molecule has 2 aromatic rings. The van der Waals surface area contributed by atoms with E-state index >= 15 is 0 Å². The molecule has 0 bridgehead atoms. The van der Waals surface area contributed by atoms with E-state index in [1.165, 1.54) is 18.5 Å². The van der Waals surface area contributed by atoms with Gasteiger partial charge in [0, 0.05) is 23.9 Å². The number of ketones is 1. The van der Waals surface area contributed by atoms with Gasteiger partial charge in [-0.2, -0.15) is 0 Å². The van der Waals surface area contributed by atoms with Gasteiger partial charge < -0.3 is 0 Å². The van der Waals surface area contributed by atoms with Crippen LogP contribution in [0.5, 0.6) is 0 Å². The van der Waals surface area contributed by atoms with Gasteiger partial charge in [-0.3, -0.25) is 14.9 Å². The van der Waals surface area contributed by atoms with Crippen molar-refractivity contribution in [3.05, 3.63) is 40.3 Å². The van der Waals surface area contributed by atoms with Crippen LogP contribution in [-0.2, 0) is 4.79 Å². The van der Waals surface area contributed by atoms with E-state index in [4.69, 9.17) is 0 Å².